The molecule has 3 atom stereocenters. The number of piperidine rings is 2. The Morgan fingerprint density at radius 2 is 1.89 bits per heavy atom. The van der Waals surface area contributed by atoms with Crippen LogP contribution >= 0.6 is 0 Å². The Morgan fingerprint density at radius 3 is 2.63 bits per heavy atom. The highest BCUT2D eigenvalue weighted by Crippen LogP contribution is 2.41. The summed E-state index contributed by atoms with van der Waals surface area (Å²) in [5, 5.41) is 5.19. The summed E-state index contributed by atoms with van der Waals surface area (Å²) in [5.41, 5.74) is 2.00. The van der Waals surface area contributed by atoms with Gasteiger partial charge in [-0.3, -0.25) is 4.79 Å². The number of sulfone groups is 1. The van der Waals surface area contributed by atoms with Crippen molar-refractivity contribution in [2.24, 2.45) is 5.92 Å². The van der Waals surface area contributed by atoms with E-state index in [1.54, 1.807) is 19.2 Å². The predicted molar refractivity (Wildman–Crippen MR) is 177 cm³/mol. The Labute approximate surface area is 269 Å². The number of likely N-dealkylation sites (tertiary alicyclic amines) is 1. The minimum Gasteiger partial charge on any atom is -0.378 e. The third kappa shape index (κ3) is 6.88. The number of alkyl halides is 1. The first kappa shape index (κ1) is 31.9. The molecular formula is C33H40FN7O4S. The lowest BCUT2D eigenvalue weighted by Gasteiger charge is -2.42. The summed E-state index contributed by atoms with van der Waals surface area (Å²) in [6.07, 6.45) is 6.48. The van der Waals surface area contributed by atoms with E-state index in [-0.39, 0.29) is 30.2 Å². The van der Waals surface area contributed by atoms with Gasteiger partial charge in [0.25, 0.3) is 5.91 Å². The predicted octanol–water partition coefficient (Wildman–Crippen LogP) is 3.89. The molecule has 0 saturated carbocycles. The number of anilines is 4. The molecule has 3 fully saturated rings. The molecule has 0 aliphatic carbocycles. The molecule has 3 saturated heterocycles. The van der Waals surface area contributed by atoms with Crippen molar-refractivity contribution >= 4 is 49.8 Å². The van der Waals surface area contributed by atoms with Gasteiger partial charge in [0.2, 0.25) is 5.95 Å². The summed E-state index contributed by atoms with van der Waals surface area (Å²) in [5.74, 6) is 7.07. The smallest absolute Gasteiger partial charge is 0.298 e. The average molecular weight is 650 g/mol. The summed E-state index contributed by atoms with van der Waals surface area (Å²) in [4.78, 5) is 32.7. The fraction of sp³-hybridized carbons (Fsp3) is 0.515. The number of carbonyl (C=O) groups is 1. The van der Waals surface area contributed by atoms with Gasteiger partial charge >= 0.3 is 0 Å². The Balaban J connectivity index is 1.33. The van der Waals surface area contributed by atoms with Crippen LogP contribution in [-0.4, -0.2) is 98.3 Å². The molecule has 0 unspecified atom stereocenters. The van der Waals surface area contributed by atoms with Crippen LogP contribution in [0.15, 0.2) is 36.7 Å². The molecule has 0 radical (unpaired) electrons. The molecule has 13 heteroatoms. The molecule has 1 N–H and O–H groups in total. The van der Waals surface area contributed by atoms with Crippen LogP contribution in [0.1, 0.15) is 44.2 Å². The summed E-state index contributed by atoms with van der Waals surface area (Å²) in [7, 11) is -1.53. The van der Waals surface area contributed by atoms with E-state index in [1.807, 2.05) is 22.1 Å². The summed E-state index contributed by atoms with van der Waals surface area (Å²) in [6.45, 7) is 4.35. The van der Waals surface area contributed by atoms with Crippen molar-refractivity contribution in [1.29, 1.82) is 0 Å². The second-order valence-corrected chi connectivity index (χ2v) is 14.6. The summed E-state index contributed by atoms with van der Waals surface area (Å²) < 4.78 is 43.6. The van der Waals surface area contributed by atoms with Gasteiger partial charge in [0, 0.05) is 68.9 Å². The Morgan fingerprint density at radius 1 is 1.07 bits per heavy atom. The zero-order valence-corrected chi connectivity index (χ0v) is 27.3. The zero-order chi connectivity index (χ0) is 32.4. The number of rotatable bonds is 8. The van der Waals surface area contributed by atoms with Crippen molar-refractivity contribution < 1.29 is 22.3 Å². The minimum atomic E-state index is -3.06. The van der Waals surface area contributed by atoms with Crippen molar-refractivity contribution in [3.05, 3.63) is 42.2 Å². The molecule has 5 heterocycles. The number of hydrogen-bond acceptors (Lipinski definition) is 10. The highest BCUT2D eigenvalue weighted by molar-refractivity contribution is 7.90. The normalized spacial score (nSPS) is 22.3. The van der Waals surface area contributed by atoms with Crippen molar-refractivity contribution in [2.75, 3.05) is 67.0 Å². The van der Waals surface area contributed by atoms with Gasteiger partial charge in [-0.1, -0.05) is 12.0 Å². The first-order valence-corrected chi connectivity index (χ1v) is 17.8. The van der Waals surface area contributed by atoms with E-state index in [9.17, 15) is 17.6 Å². The van der Waals surface area contributed by atoms with Gasteiger partial charge in [-0.05, 0) is 67.7 Å². The highest BCUT2D eigenvalue weighted by Gasteiger charge is 2.33. The third-order valence-electron chi connectivity index (χ3n) is 9.07. The topological polar surface area (TPSA) is 121 Å². The van der Waals surface area contributed by atoms with E-state index in [1.165, 1.54) is 13.4 Å². The van der Waals surface area contributed by atoms with Crippen molar-refractivity contribution in [3.63, 3.8) is 0 Å². The first-order valence-electron chi connectivity index (χ1n) is 15.7. The van der Waals surface area contributed by atoms with Crippen LogP contribution in [0.2, 0.25) is 0 Å². The van der Waals surface area contributed by atoms with Crippen molar-refractivity contribution in [1.82, 2.24) is 19.9 Å². The Kier molecular flexibility index (Phi) is 9.29. The molecule has 2 aromatic heterocycles. The first-order chi connectivity index (χ1) is 22.1. The molecule has 1 amide bonds. The molecule has 3 aliphatic rings. The number of carbonyl (C=O) groups excluding carboxylic acids is 1. The van der Waals surface area contributed by atoms with Gasteiger partial charge in [0.15, 0.2) is 0 Å². The Bertz CT molecular complexity index is 1770. The van der Waals surface area contributed by atoms with Crippen LogP contribution in [0, 0.1) is 17.8 Å². The van der Waals surface area contributed by atoms with E-state index in [0.717, 1.165) is 41.3 Å². The van der Waals surface area contributed by atoms with Crippen LogP contribution in [0.4, 0.5) is 27.7 Å². The number of fused-ring (bicyclic) bond motifs is 1. The fourth-order valence-electron chi connectivity index (χ4n) is 6.89. The van der Waals surface area contributed by atoms with Crippen molar-refractivity contribution in [3.8, 4) is 11.8 Å². The fourth-order valence-corrected chi connectivity index (χ4v) is 7.96. The summed E-state index contributed by atoms with van der Waals surface area (Å²) in [6, 6.07) is 7.73. The molecule has 3 aliphatic heterocycles. The second-order valence-electron chi connectivity index (χ2n) is 12.4. The maximum absolute atomic E-state index is 14.6. The number of hydrogen-bond donors (Lipinski definition) is 1. The molecular weight excluding hydrogens is 609 g/mol. The number of methoxy groups -OCH3 is 1. The van der Waals surface area contributed by atoms with Gasteiger partial charge in [0.1, 0.15) is 27.6 Å². The van der Waals surface area contributed by atoms with Crippen LogP contribution in [0.5, 0.6) is 0 Å². The quantitative estimate of drug-likeness (QED) is 0.360. The zero-order valence-electron chi connectivity index (χ0n) is 26.4. The maximum Gasteiger partial charge on any atom is 0.298 e. The molecule has 0 spiro atoms. The van der Waals surface area contributed by atoms with Gasteiger partial charge in [-0.25, -0.2) is 22.8 Å². The number of benzene rings is 1. The highest BCUT2D eigenvalue weighted by atomic mass is 32.2. The molecule has 1 aromatic carbocycles. The largest absolute Gasteiger partial charge is 0.378 e. The van der Waals surface area contributed by atoms with E-state index in [0.29, 0.717) is 50.2 Å². The molecule has 244 valence electrons. The molecule has 3 aromatic rings. The number of nitrogens with one attached hydrogen (secondary N) is 1. The van der Waals surface area contributed by atoms with Gasteiger partial charge in [0.05, 0.1) is 24.4 Å². The van der Waals surface area contributed by atoms with E-state index in [4.69, 9.17) is 9.72 Å². The van der Waals surface area contributed by atoms with Crippen molar-refractivity contribution in [2.45, 2.75) is 50.9 Å². The van der Waals surface area contributed by atoms with Crippen LogP contribution < -0.4 is 15.1 Å². The number of halogens is 1. The number of ether oxygens (including phenoxy) is 1. The van der Waals surface area contributed by atoms with E-state index in [2.05, 4.69) is 44.2 Å². The molecule has 0 bridgehead atoms. The number of pyridine rings is 1. The molecule has 46 heavy (non-hydrogen) atoms. The maximum atomic E-state index is 14.6. The van der Waals surface area contributed by atoms with Gasteiger partial charge in [-0.15, -0.1) is 0 Å². The number of aromatic nitrogens is 3. The standard InChI is InChI=1S/C33H40FN7O4S/c1-4-7-32(42)41-14-6-5-8-28(41)23-9-10-27(40-18-22(19-40)21-46(3,43)44)25-17-36-31(16-24(23)25)37-30-11-13-35-33(38-30)39-15-12-29(45-2)26(34)20-39/h9-11,13,16-17,22,26,28-29H,5-6,8,12,14-15,18-21H2,1-3H3,(H,35,36,37,38)/t26-,28+,29+/m0/s1. The minimum absolute atomic E-state index is 0.0811. The lowest BCUT2D eigenvalue weighted by molar-refractivity contribution is -0.128. The average Bonchev–Trinajstić information content (AvgIpc) is 3.02. The summed E-state index contributed by atoms with van der Waals surface area (Å²) >= 11 is 0. The number of nitrogens with zero attached hydrogens (tertiary/aromatic N) is 6. The molecule has 11 nitrogen and oxygen atoms in total. The van der Waals surface area contributed by atoms with Crippen LogP contribution in [0.25, 0.3) is 10.8 Å². The Hall–Kier alpha value is -4.02. The van der Waals surface area contributed by atoms with Gasteiger partial charge < -0.3 is 24.8 Å². The van der Waals surface area contributed by atoms with E-state index < -0.39 is 22.1 Å². The van der Waals surface area contributed by atoms with E-state index >= 15 is 0 Å². The molecule has 6 rings (SSSR count). The number of amides is 1. The third-order valence-corrected chi connectivity index (χ3v) is 10.1. The second kappa shape index (κ2) is 13.4. The lowest BCUT2D eigenvalue weighted by atomic mass is 9.90. The lowest BCUT2D eigenvalue weighted by Crippen LogP contribution is -2.49. The van der Waals surface area contributed by atoms with Crippen LogP contribution in [-0.2, 0) is 19.4 Å². The monoisotopic (exact) mass is 649 g/mol. The SMILES string of the molecule is CC#CC(=O)N1CCCC[C@@H]1c1ccc(N2CC(CS(C)(=O)=O)C2)c2cnc(Nc3ccnc(N4CC[C@@H](OC)[C@@H](F)C4)n3)cc12. The van der Waals surface area contributed by atoms with Crippen LogP contribution in [0.3, 0.4) is 0 Å². The van der Waals surface area contributed by atoms with Gasteiger partial charge in [-0.2, -0.15) is 4.98 Å².